The quantitative estimate of drug-likeness (QED) is 0.409. The first kappa shape index (κ1) is 17.2. The molecule has 6 heteroatoms. The van der Waals surface area contributed by atoms with E-state index in [-0.39, 0.29) is 6.61 Å². The molecular formula is C9H23NO4S. The Morgan fingerprint density at radius 3 is 1.40 bits per heavy atom. The monoisotopic (exact) mass is 241 g/mol. The number of quaternary nitrogens is 1. The minimum Gasteiger partial charge on any atom is -0.726 e. The van der Waals surface area contributed by atoms with Gasteiger partial charge in [-0.1, -0.05) is 0 Å². The van der Waals surface area contributed by atoms with E-state index in [0.717, 1.165) is 0 Å². The summed E-state index contributed by atoms with van der Waals surface area (Å²) in [4.78, 5) is 0. The molecule has 0 aromatic carbocycles. The molecule has 0 aromatic heterocycles. The Kier molecular flexibility index (Phi) is 9.23. The van der Waals surface area contributed by atoms with Crippen LogP contribution in [0.1, 0.15) is 27.7 Å². The lowest BCUT2D eigenvalue weighted by atomic mass is 10.4. The molecule has 0 saturated heterocycles. The van der Waals surface area contributed by atoms with E-state index in [9.17, 15) is 13.0 Å². The molecule has 0 aliphatic heterocycles. The van der Waals surface area contributed by atoms with Gasteiger partial charge in [-0.3, -0.25) is 4.18 Å². The zero-order valence-corrected chi connectivity index (χ0v) is 11.1. The lowest BCUT2D eigenvalue weighted by molar-refractivity contribution is -0.904. The maximum Gasteiger partial charge on any atom is 0.217 e. The standard InChI is InChI=1S/C7H18N.C2H6O4S/c1-5-8(4,6-2)7-3;1-2-6-7(3,4)5/h5-7H2,1-4H3;2H2,1H3,(H,3,4,5)/q+1;/p-1. The molecular weight excluding hydrogens is 218 g/mol. The van der Waals surface area contributed by atoms with Crippen LogP contribution >= 0.6 is 0 Å². The predicted octanol–water partition coefficient (Wildman–Crippen LogP) is 0.976. The third-order valence-corrected chi connectivity index (χ3v) is 3.08. The molecule has 94 valence electrons. The molecule has 0 aliphatic carbocycles. The molecule has 5 nitrogen and oxygen atoms in total. The SMILES string of the molecule is CCOS(=O)(=O)[O-].CC[N+](C)(CC)CC. The van der Waals surface area contributed by atoms with Gasteiger partial charge in [-0.15, -0.1) is 0 Å². The highest BCUT2D eigenvalue weighted by Gasteiger charge is 2.10. The van der Waals surface area contributed by atoms with Crippen LogP contribution in [-0.2, 0) is 14.6 Å². The van der Waals surface area contributed by atoms with Crippen molar-refractivity contribution in [2.45, 2.75) is 27.7 Å². The number of rotatable bonds is 5. The van der Waals surface area contributed by atoms with Crippen molar-refractivity contribution in [3.63, 3.8) is 0 Å². The molecule has 0 bridgehead atoms. The molecule has 0 radical (unpaired) electrons. The molecule has 0 unspecified atom stereocenters. The van der Waals surface area contributed by atoms with Crippen LogP contribution in [0, 0.1) is 0 Å². The summed E-state index contributed by atoms with van der Waals surface area (Å²) in [5, 5.41) is 0. The minimum absolute atomic E-state index is 0.0914. The molecule has 0 heterocycles. The molecule has 0 amide bonds. The van der Waals surface area contributed by atoms with Crippen molar-refractivity contribution in [1.29, 1.82) is 0 Å². The van der Waals surface area contributed by atoms with Gasteiger partial charge in [0.25, 0.3) is 0 Å². The summed E-state index contributed by atoms with van der Waals surface area (Å²) in [6, 6.07) is 0. The summed E-state index contributed by atoms with van der Waals surface area (Å²) < 4.78 is 33.2. The highest BCUT2D eigenvalue weighted by Crippen LogP contribution is 1.97. The van der Waals surface area contributed by atoms with Gasteiger partial charge in [0, 0.05) is 0 Å². The summed E-state index contributed by atoms with van der Waals surface area (Å²) in [7, 11) is -2.13. The van der Waals surface area contributed by atoms with Gasteiger partial charge in [0.05, 0.1) is 33.3 Å². The first-order valence-electron chi connectivity index (χ1n) is 5.18. The Hall–Kier alpha value is -0.170. The second-order valence-corrected chi connectivity index (χ2v) is 4.44. The summed E-state index contributed by atoms with van der Waals surface area (Å²) in [6.45, 7) is 11.8. The molecule has 0 saturated carbocycles. The van der Waals surface area contributed by atoms with Crippen LogP contribution < -0.4 is 0 Å². The Morgan fingerprint density at radius 1 is 1.07 bits per heavy atom. The molecule has 15 heavy (non-hydrogen) atoms. The molecule has 0 fully saturated rings. The van der Waals surface area contributed by atoms with Crippen molar-refractivity contribution in [2.24, 2.45) is 0 Å². The van der Waals surface area contributed by atoms with E-state index in [1.54, 1.807) is 0 Å². The number of nitrogens with zero attached hydrogens (tertiary/aromatic N) is 1. The normalized spacial score (nSPS) is 11.9. The lowest BCUT2D eigenvalue weighted by Crippen LogP contribution is -2.42. The summed E-state index contributed by atoms with van der Waals surface area (Å²) in [6.07, 6.45) is 0. The molecule has 0 N–H and O–H groups in total. The van der Waals surface area contributed by atoms with E-state index in [2.05, 4.69) is 32.0 Å². The zero-order chi connectivity index (χ0) is 12.5. The van der Waals surface area contributed by atoms with Gasteiger partial charge >= 0.3 is 0 Å². The van der Waals surface area contributed by atoms with E-state index in [1.807, 2.05) is 0 Å². The van der Waals surface area contributed by atoms with E-state index in [4.69, 9.17) is 0 Å². The smallest absolute Gasteiger partial charge is 0.217 e. The van der Waals surface area contributed by atoms with Crippen molar-refractivity contribution in [1.82, 2.24) is 0 Å². The maximum absolute atomic E-state index is 9.45. The summed E-state index contributed by atoms with van der Waals surface area (Å²) in [5.41, 5.74) is 0. The van der Waals surface area contributed by atoms with Crippen LogP contribution in [0.4, 0.5) is 0 Å². The van der Waals surface area contributed by atoms with Crippen LogP contribution in [0.3, 0.4) is 0 Å². The third kappa shape index (κ3) is 11.8. The van der Waals surface area contributed by atoms with E-state index in [0.29, 0.717) is 0 Å². The second kappa shape index (κ2) is 8.04. The van der Waals surface area contributed by atoms with Gasteiger partial charge in [0.15, 0.2) is 0 Å². The first-order valence-corrected chi connectivity index (χ1v) is 6.51. The van der Waals surface area contributed by atoms with Gasteiger partial charge in [-0.25, -0.2) is 8.42 Å². The van der Waals surface area contributed by atoms with Gasteiger partial charge in [0.1, 0.15) is 0 Å². The van der Waals surface area contributed by atoms with Crippen LogP contribution in [0.25, 0.3) is 0 Å². The van der Waals surface area contributed by atoms with Crippen molar-refractivity contribution in [3.8, 4) is 0 Å². The van der Waals surface area contributed by atoms with Crippen LogP contribution in [0.15, 0.2) is 0 Å². The van der Waals surface area contributed by atoms with Crippen LogP contribution in [-0.4, -0.2) is 50.7 Å². The zero-order valence-electron chi connectivity index (χ0n) is 10.3. The van der Waals surface area contributed by atoms with Gasteiger partial charge in [-0.05, 0) is 27.7 Å². The molecule has 0 spiro atoms. The summed E-state index contributed by atoms with van der Waals surface area (Å²) in [5.74, 6) is 0. The van der Waals surface area contributed by atoms with Crippen molar-refractivity contribution in [3.05, 3.63) is 0 Å². The average molecular weight is 241 g/mol. The largest absolute Gasteiger partial charge is 0.726 e. The molecule has 0 aromatic rings. The van der Waals surface area contributed by atoms with Crippen molar-refractivity contribution in [2.75, 3.05) is 33.3 Å². The highest BCUT2D eigenvalue weighted by atomic mass is 32.3. The van der Waals surface area contributed by atoms with E-state index < -0.39 is 10.4 Å². The van der Waals surface area contributed by atoms with E-state index >= 15 is 0 Å². The molecule has 0 rings (SSSR count). The third-order valence-electron chi connectivity index (χ3n) is 2.55. The molecule has 0 aliphatic rings. The second-order valence-electron chi connectivity index (χ2n) is 3.38. The lowest BCUT2D eigenvalue weighted by Gasteiger charge is -2.30. The minimum atomic E-state index is -4.42. The molecule has 0 atom stereocenters. The van der Waals surface area contributed by atoms with Gasteiger partial charge in [-0.2, -0.15) is 0 Å². The first-order chi connectivity index (χ1) is 6.74. The highest BCUT2D eigenvalue weighted by molar-refractivity contribution is 7.80. The maximum atomic E-state index is 9.45. The van der Waals surface area contributed by atoms with Crippen molar-refractivity contribution >= 4 is 10.4 Å². The Balaban J connectivity index is 0. The summed E-state index contributed by atoms with van der Waals surface area (Å²) >= 11 is 0. The fraction of sp³-hybridized carbons (Fsp3) is 1.00. The predicted molar refractivity (Wildman–Crippen MR) is 59.1 cm³/mol. The average Bonchev–Trinajstić information content (AvgIpc) is 2.16. The number of hydrogen-bond acceptors (Lipinski definition) is 4. The van der Waals surface area contributed by atoms with Crippen LogP contribution in [0.2, 0.25) is 0 Å². The fourth-order valence-electron chi connectivity index (χ4n) is 0.815. The van der Waals surface area contributed by atoms with Crippen molar-refractivity contribution < 1.29 is 21.6 Å². The van der Waals surface area contributed by atoms with Gasteiger partial charge in [0.2, 0.25) is 10.4 Å². The van der Waals surface area contributed by atoms with Crippen LogP contribution in [0.5, 0.6) is 0 Å². The Bertz CT molecular complexity index is 226. The van der Waals surface area contributed by atoms with E-state index in [1.165, 1.54) is 31.0 Å². The number of hydrogen-bond donors (Lipinski definition) is 0. The Labute approximate surface area is 93.6 Å². The topological polar surface area (TPSA) is 66.4 Å². The Morgan fingerprint density at radius 2 is 1.40 bits per heavy atom. The van der Waals surface area contributed by atoms with Gasteiger partial charge < -0.3 is 9.04 Å². The fourth-order valence-corrected chi connectivity index (χ4v) is 1.10.